The minimum atomic E-state index is -3.38. The van der Waals surface area contributed by atoms with E-state index in [1.165, 1.54) is 16.6 Å². The van der Waals surface area contributed by atoms with Crippen LogP contribution in [-0.4, -0.2) is 42.7 Å². The van der Waals surface area contributed by atoms with Crippen molar-refractivity contribution in [2.24, 2.45) is 4.40 Å². The number of thioether (sulfide) groups is 1. The summed E-state index contributed by atoms with van der Waals surface area (Å²) in [6, 6.07) is 10.0. The maximum absolute atomic E-state index is 13.2. The van der Waals surface area contributed by atoms with Gasteiger partial charge in [-0.05, 0) is 54.2 Å². The summed E-state index contributed by atoms with van der Waals surface area (Å²) in [4.78, 5) is 19.1. The third-order valence-corrected chi connectivity index (χ3v) is 8.04. The number of benzene rings is 1. The van der Waals surface area contributed by atoms with Crippen molar-refractivity contribution in [1.82, 2.24) is 4.90 Å². The quantitative estimate of drug-likeness (QED) is 0.761. The van der Waals surface area contributed by atoms with Crippen molar-refractivity contribution in [1.29, 1.82) is 0 Å². The number of nitrogens with zero attached hydrogens (tertiary/aromatic N) is 3. The molecule has 5 rings (SSSR count). The van der Waals surface area contributed by atoms with E-state index in [1.807, 2.05) is 39.4 Å². The number of hydrogen-bond acceptors (Lipinski definition) is 6. The average Bonchev–Trinajstić information content (AvgIpc) is 3.22. The summed E-state index contributed by atoms with van der Waals surface area (Å²) in [5, 5.41) is 2.51. The molecule has 0 spiro atoms. The van der Waals surface area contributed by atoms with Gasteiger partial charge in [-0.1, -0.05) is 6.07 Å². The van der Waals surface area contributed by atoms with Crippen molar-refractivity contribution in [3.05, 3.63) is 46.2 Å². The summed E-state index contributed by atoms with van der Waals surface area (Å²) >= 11 is 2.99. The van der Waals surface area contributed by atoms with Gasteiger partial charge in [-0.2, -0.15) is 0 Å². The molecule has 0 unspecified atom stereocenters. The first kappa shape index (κ1) is 17.3. The number of amidine groups is 1. The highest BCUT2D eigenvalue weighted by atomic mass is 32.2. The number of carbonyl (C=O) groups is 1. The Hall–Kier alpha value is -1.84. The Morgan fingerprint density at radius 3 is 2.89 bits per heavy atom. The van der Waals surface area contributed by atoms with Crippen LogP contribution in [0.4, 0.5) is 5.69 Å². The Bertz CT molecular complexity index is 1040. The summed E-state index contributed by atoms with van der Waals surface area (Å²) in [5.74, 6) is 0.0571. The fourth-order valence-corrected chi connectivity index (χ4v) is 6.35. The molecule has 1 saturated carbocycles. The number of carbonyl (C=O) groups excluding carboxylic acids is 1. The predicted octanol–water partition coefficient (Wildman–Crippen LogP) is 3.16. The van der Waals surface area contributed by atoms with Gasteiger partial charge in [0, 0.05) is 27.9 Å². The molecule has 1 amide bonds. The Labute approximate surface area is 165 Å². The van der Waals surface area contributed by atoms with Crippen LogP contribution in [0.1, 0.15) is 28.1 Å². The van der Waals surface area contributed by atoms with Gasteiger partial charge in [0.15, 0.2) is 5.17 Å². The van der Waals surface area contributed by atoms with Gasteiger partial charge < -0.3 is 9.80 Å². The van der Waals surface area contributed by atoms with E-state index in [9.17, 15) is 13.2 Å². The van der Waals surface area contributed by atoms with Crippen LogP contribution in [0, 0.1) is 0 Å². The minimum absolute atomic E-state index is 0.0213. The van der Waals surface area contributed by atoms with Gasteiger partial charge >= 0.3 is 0 Å². The van der Waals surface area contributed by atoms with Gasteiger partial charge in [-0.15, -0.1) is 15.7 Å². The van der Waals surface area contributed by atoms with Crippen LogP contribution < -0.4 is 4.90 Å². The van der Waals surface area contributed by atoms with Crippen LogP contribution in [0.3, 0.4) is 0 Å². The summed E-state index contributed by atoms with van der Waals surface area (Å²) in [6.07, 6.45) is 2.11. The zero-order chi connectivity index (χ0) is 18.6. The number of hydrogen-bond donors (Lipinski definition) is 0. The van der Waals surface area contributed by atoms with E-state index in [4.69, 9.17) is 0 Å². The van der Waals surface area contributed by atoms with E-state index < -0.39 is 10.0 Å². The van der Waals surface area contributed by atoms with E-state index >= 15 is 0 Å². The van der Waals surface area contributed by atoms with Gasteiger partial charge in [-0.3, -0.25) is 4.79 Å². The lowest BCUT2D eigenvalue weighted by atomic mass is 10.1. The van der Waals surface area contributed by atoms with Gasteiger partial charge in [0.2, 0.25) is 0 Å². The number of rotatable bonds is 4. The molecule has 2 aromatic rings. The first-order chi connectivity index (χ1) is 13.0. The second kappa shape index (κ2) is 6.35. The predicted molar refractivity (Wildman–Crippen MR) is 108 cm³/mol. The zero-order valence-corrected chi connectivity index (χ0v) is 16.8. The van der Waals surface area contributed by atoms with E-state index in [1.54, 1.807) is 11.3 Å². The molecule has 140 valence electrons. The maximum Gasteiger partial charge on any atom is 0.257 e. The summed E-state index contributed by atoms with van der Waals surface area (Å²) in [6.45, 7) is 1.05. The normalized spacial score (nSPS) is 20.0. The zero-order valence-electron chi connectivity index (χ0n) is 14.4. The Morgan fingerprint density at radius 2 is 2.15 bits per heavy atom. The molecule has 9 heteroatoms. The fraction of sp³-hybridized carbons (Fsp3) is 0.333. The molecular weight excluding hydrogens is 402 g/mol. The van der Waals surface area contributed by atoms with Crippen molar-refractivity contribution in [3.63, 3.8) is 0 Å². The Kier molecular flexibility index (Phi) is 4.06. The lowest BCUT2D eigenvalue weighted by Crippen LogP contribution is -2.35. The second-order valence-electron chi connectivity index (χ2n) is 6.84. The van der Waals surface area contributed by atoms with E-state index in [-0.39, 0.29) is 11.7 Å². The molecule has 0 bridgehead atoms. The highest BCUT2D eigenvalue weighted by Gasteiger charge is 2.36. The molecule has 1 fully saturated rings. The molecule has 1 aliphatic carbocycles. The third-order valence-electron chi connectivity index (χ3n) is 4.87. The van der Waals surface area contributed by atoms with Crippen LogP contribution in [0.25, 0.3) is 0 Å². The molecule has 0 saturated heterocycles. The summed E-state index contributed by atoms with van der Waals surface area (Å²) in [7, 11) is -3.38. The van der Waals surface area contributed by atoms with Crippen molar-refractivity contribution in [2.45, 2.75) is 30.3 Å². The highest BCUT2D eigenvalue weighted by Crippen LogP contribution is 2.42. The van der Waals surface area contributed by atoms with Crippen LogP contribution in [0.15, 0.2) is 45.0 Å². The first-order valence-electron chi connectivity index (χ1n) is 8.76. The molecule has 1 aromatic heterocycles. The van der Waals surface area contributed by atoms with Crippen LogP contribution in [0.2, 0.25) is 0 Å². The molecular formula is C18H17N3O3S3. The lowest BCUT2D eigenvalue weighted by Gasteiger charge is -2.23. The summed E-state index contributed by atoms with van der Waals surface area (Å²) < 4.78 is 27.4. The fourth-order valence-electron chi connectivity index (χ4n) is 3.35. The molecule has 3 aliphatic rings. The van der Waals surface area contributed by atoms with Gasteiger partial charge in [-0.25, -0.2) is 8.42 Å². The van der Waals surface area contributed by atoms with Gasteiger partial charge in [0.05, 0.1) is 18.0 Å². The molecule has 0 radical (unpaired) electrons. The van der Waals surface area contributed by atoms with E-state index in [2.05, 4.69) is 10.5 Å². The monoisotopic (exact) mass is 419 g/mol. The topological polar surface area (TPSA) is 70.0 Å². The largest absolute Gasteiger partial charge is 0.331 e. The molecule has 27 heavy (non-hydrogen) atoms. The van der Waals surface area contributed by atoms with Crippen LogP contribution in [0.5, 0.6) is 0 Å². The minimum Gasteiger partial charge on any atom is -0.331 e. The average molecular weight is 420 g/mol. The van der Waals surface area contributed by atoms with Gasteiger partial charge in [0.25, 0.3) is 15.9 Å². The van der Waals surface area contributed by atoms with Crippen molar-refractivity contribution in [3.8, 4) is 0 Å². The number of sulfonamides is 1. The molecule has 0 N–H and O–H groups in total. The number of fused-ring (bicyclic) bond motifs is 3. The highest BCUT2D eigenvalue weighted by molar-refractivity contribution is 8.15. The SMILES string of the molecule is O=C(c1ccc2c(c1)SC1=NS(=O)(=O)CCN12)N(Cc1cccs1)C1CC1. The second-order valence-corrected chi connectivity index (χ2v) is 10.6. The van der Waals surface area contributed by atoms with Crippen LogP contribution in [-0.2, 0) is 16.6 Å². The van der Waals surface area contributed by atoms with E-state index in [0.717, 1.165) is 23.4 Å². The van der Waals surface area contributed by atoms with Crippen molar-refractivity contribution < 1.29 is 13.2 Å². The number of anilines is 1. The third kappa shape index (κ3) is 3.28. The molecule has 2 aliphatic heterocycles. The van der Waals surface area contributed by atoms with Gasteiger partial charge in [0.1, 0.15) is 0 Å². The number of thiophene rings is 1. The first-order valence-corrected chi connectivity index (χ1v) is 12.1. The molecule has 6 nitrogen and oxygen atoms in total. The standard InChI is InChI=1S/C18H17N3O3S3/c22-17(21(13-4-5-13)11-14-2-1-8-25-14)12-3-6-15-16(10-12)26-18-19-27(23,24)9-7-20(15)18/h1-3,6,8,10,13H,4-5,7,9,11H2. The molecule has 0 atom stereocenters. The lowest BCUT2D eigenvalue weighted by molar-refractivity contribution is 0.0731. The van der Waals surface area contributed by atoms with Crippen molar-refractivity contribution in [2.75, 3.05) is 17.2 Å². The summed E-state index contributed by atoms with van der Waals surface area (Å²) in [5.41, 5.74) is 1.58. The Balaban J connectivity index is 1.43. The van der Waals surface area contributed by atoms with Crippen molar-refractivity contribution >= 4 is 49.9 Å². The smallest absolute Gasteiger partial charge is 0.257 e. The Morgan fingerprint density at radius 1 is 1.30 bits per heavy atom. The van der Waals surface area contributed by atoms with Crippen LogP contribution >= 0.6 is 23.1 Å². The molecule has 1 aromatic carbocycles. The maximum atomic E-state index is 13.2. The van der Waals surface area contributed by atoms with E-state index in [0.29, 0.717) is 29.9 Å². The number of amides is 1. The molecule has 3 heterocycles.